The van der Waals surface area contributed by atoms with Crippen LogP contribution in [0.3, 0.4) is 0 Å². The lowest BCUT2D eigenvalue weighted by Gasteiger charge is -2.33. The van der Waals surface area contributed by atoms with Gasteiger partial charge in [-0.1, -0.05) is 42.5 Å². The molecule has 2 aliphatic rings. The maximum absolute atomic E-state index is 14.2. The molecule has 3 amide bonds. The quantitative estimate of drug-likeness (QED) is 0.264. The molecule has 0 aliphatic carbocycles. The van der Waals surface area contributed by atoms with Crippen molar-refractivity contribution in [3.8, 4) is 5.75 Å². The molecule has 2 aromatic carbocycles. The molecule has 5 atom stereocenters. The fourth-order valence-corrected chi connectivity index (χ4v) is 6.54. The molecule has 4 rings (SSSR count). The van der Waals surface area contributed by atoms with Gasteiger partial charge in [-0.3, -0.25) is 14.4 Å². The number of sulfonamides is 1. The van der Waals surface area contributed by atoms with E-state index in [1.54, 1.807) is 19.1 Å². The number of fused-ring (bicyclic) bond motifs is 1. The minimum absolute atomic E-state index is 0.0116. The van der Waals surface area contributed by atoms with E-state index < -0.39 is 34.1 Å². The van der Waals surface area contributed by atoms with Crippen molar-refractivity contribution in [3.63, 3.8) is 0 Å². The van der Waals surface area contributed by atoms with Crippen LogP contribution in [0.5, 0.6) is 5.75 Å². The van der Waals surface area contributed by atoms with E-state index in [0.717, 1.165) is 23.1 Å². The Morgan fingerprint density at radius 2 is 1.70 bits per heavy atom. The molecule has 2 aliphatic heterocycles. The summed E-state index contributed by atoms with van der Waals surface area (Å²) < 4.78 is 31.6. The predicted molar refractivity (Wildman–Crippen MR) is 164 cm³/mol. The first-order valence-electron chi connectivity index (χ1n) is 14.8. The second kappa shape index (κ2) is 14.8. The van der Waals surface area contributed by atoms with Gasteiger partial charge in [0.25, 0.3) is 0 Å². The normalized spacial score (nSPS) is 22.8. The van der Waals surface area contributed by atoms with Gasteiger partial charge in [0.2, 0.25) is 27.7 Å². The van der Waals surface area contributed by atoms with Crippen molar-refractivity contribution in [1.29, 1.82) is 0 Å². The van der Waals surface area contributed by atoms with Gasteiger partial charge in [-0.05, 0) is 68.8 Å². The lowest BCUT2D eigenvalue weighted by Crippen LogP contribution is -2.59. The van der Waals surface area contributed by atoms with E-state index in [1.807, 2.05) is 54.6 Å². The van der Waals surface area contributed by atoms with Crippen molar-refractivity contribution < 1.29 is 27.5 Å². The summed E-state index contributed by atoms with van der Waals surface area (Å²) in [6.45, 7) is 0.427. The van der Waals surface area contributed by atoms with Crippen LogP contribution < -0.4 is 25.4 Å². The summed E-state index contributed by atoms with van der Waals surface area (Å²) >= 11 is 0. The third-order valence-corrected chi connectivity index (χ3v) is 9.08. The Kier molecular flexibility index (Phi) is 11.2. The van der Waals surface area contributed by atoms with Crippen LogP contribution in [0, 0.1) is 5.92 Å². The first-order chi connectivity index (χ1) is 20.6. The molecule has 2 aromatic rings. The Bertz CT molecular complexity index is 1350. The summed E-state index contributed by atoms with van der Waals surface area (Å²) in [5.74, 6) is -0.632. The summed E-state index contributed by atoms with van der Waals surface area (Å²) in [6, 6.07) is 14.8. The minimum atomic E-state index is -3.52. The molecule has 12 heteroatoms. The van der Waals surface area contributed by atoms with Crippen molar-refractivity contribution in [2.45, 2.75) is 62.7 Å². The van der Waals surface area contributed by atoms with E-state index in [-0.39, 0.29) is 30.3 Å². The largest absolute Gasteiger partial charge is 0.497 e. The van der Waals surface area contributed by atoms with Crippen LogP contribution in [-0.2, 0) is 37.2 Å². The highest BCUT2D eigenvalue weighted by Gasteiger charge is 2.47. The number of nitrogens with one attached hydrogen (secondary N) is 4. The minimum Gasteiger partial charge on any atom is -0.497 e. The van der Waals surface area contributed by atoms with Crippen molar-refractivity contribution in [3.05, 3.63) is 65.7 Å². The molecule has 1 unspecified atom stereocenters. The van der Waals surface area contributed by atoms with Crippen molar-refractivity contribution in [1.82, 2.24) is 25.6 Å². The van der Waals surface area contributed by atoms with Crippen molar-refractivity contribution >= 4 is 27.7 Å². The zero-order chi connectivity index (χ0) is 31.0. The van der Waals surface area contributed by atoms with Gasteiger partial charge < -0.3 is 25.6 Å². The highest BCUT2D eigenvalue weighted by atomic mass is 32.2. The molecule has 0 aromatic heterocycles. The third kappa shape index (κ3) is 8.77. The van der Waals surface area contributed by atoms with Crippen LogP contribution >= 0.6 is 0 Å². The summed E-state index contributed by atoms with van der Waals surface area (Å²) in [6.07, 6.45) is 4.46. The Hall–Kier alpha value is -3.48. The van der Waals surface area contributed by atoms with Crippen LogP contribution in [0.2, 0.25) is 0 Å². The fraction of sp³-hybridized carbons (Fsp3) is 0.516. The zero-order valence-electron chi connectivity index (χ0n) is 25.0. The second-order valence-corrected chi connectivity index (χ2v) is 13.2. The van der Waals surface area contributed by atoms with E-state index in [0.29, 0.717) is 45.1 Å². The lowest BCUT2D eigenvalue weighted by atomic mass is 9.93. The van der Waals surface area contributed by atoms with Gasteiger partial charge in [0, 0.05) is 25.0 Å². The number of methoxy groups -OCH3 is 1. The number of rotatable bonds is 13. The third-order valence-electron chi connectivity index (χ3n) is 8.39. The number of hydrogen-bond acceptors (Lipinski definition) is 7. The number of amides is 3. The highest BCUT2D eigenvalue weighted by molar-refractivity contribution is 7.88. The smallest absolute Gasteiger partial charge is 0.246 e. The number of nitrogens with zero attached hydrogens (tertiary/aromatic N) is 1. The maximum Gasteiger partial charge on any atom is 0.246 e. The molecule has 0 spiro atoms. The van der Waals surface area contributed by atoms with Crippen LogP contribution in [-0.4, -0.2) is 88.7 Å². The summed E-state index contributed by atoms with van der Waals surface area (Å²) in [7, 11) is -0.220. The van der Waals surface area contributed by atoms with Crippen LogP contribution in [0.25, 0.3) is 0 Å². The van der Waals surface area contributed by atoms with E-state index in [4.69, 9.17) is 4.74 Å². The summed E-state index contributed by atoms with van der Waals surface area (Å²) in [4.78, 5) is 42.7. The fourth-order valence-electron chi connectivity index (χ4n) is 6.02. The molecule has 11 nitrogen and oxygen atoms in total. The first-order valence-corrected chi connectivity index (χ1v) is 16.7. The highest BCUT2D eigenvalue weighted by Crippen LogP contribution is 2.34. The monoisotopic (exact) mass is 613 g/mol. The Balaban J connectivity index is 1.48. The molecule has 2 fully saturated rings. The van der Waals surface area contributed by atoms with Gasteiger partial charge in [-0.25, -0.2) is 13.1 Å². The van der Waals surface area contributed by atoms with Crippen molar-refractivity contribution in [2.75, 3.05) is 33.5 Å². The van der Waals surface area contributed by atoms with E-state index in [1.165, 1.54) is 0 Å². The first kappa shape index (κ1) is 32.4. The van der Waals surface area contributed by atoms with Gasteiger partial charge in [0.05, 0.1) is 19.4 Å². The topological polar surface area (TPSA) is 146 Å². The molecule has 0 bridgehead atoms. The summed E-state index contributed by atoms with van der Waals surface area (Å²) in [5.41, 5.74) is 2.01. The number of hydrogen-bond donors (Lipinski definition) is 4. The lowest BCUT2D eigenvalue weighted by molar-refractivity contribution is -0.143. The van der Waals surface area contributed by atoms with Crippen LogP contribution in [0.4, 0.5) is 0 Å². The van der Waals surface area contributed by atoms with Crippen molar-refractivity contribution in [2.24, 2.45) is 5.92 Å². The van der Waals surface area contributed by atoms with E-state index >= 15 is 0 Å². The average molecular weight is 614 g/mol. The van der Waals surface area contributed by atoms with Gasteiger partial charge in [-0.15, -0.1) is 0 Å². The van der Waals surface area contributed by atoms with E-state index in [2.05, 4.69) is 20.7 Å². The molecular formula is C31H43N5O6S. The zero-order valence-corrected chi connectivity index (χ0v) is 25.9. The molecular weight excluding hydrogens is 570 g/mol. The Morgan fingerprint density at radius 3 is 2.35 bits per heavy atom. The Morgan fingerprint density at radius 1 is 1.00 bits per heavy atom. The average Bonchev–Trinajstić information content (AvgIpc) is 3.38. The molecule has 2 saturated heterocycles. The van der Waals surface area contributed by atoms with Gasteiger partial charge in [0.15, 0.2) is 0 Å². The number of likely N-dealkylation sites (N-methyl/N-ethyl adjacent to an activating group) is 1. The van der Waals surface area contributed by atoms with Gasteiger partial charge in [0.1, 0.15) is 17.8 Å². The number of benzene rings is 2. The number of ether oxygens (including phenoxy) is 1. The molecule has 4 N–H and O–H groups in total. The van der Waals surface area contributed by atoms with E-state index in [9.17, 15) is 22.8 Å². The predicted octanol–water partition coefficient (Wildman–Crippen LogP) is 0.988. The molecule has 43 heavy (non-hydrogen) atoms. The number of carbonyl (C=O) groups is 3. The standard InChI is InChI=1S/C31H43N5O6S/c1-32-26(19-22-7-5-4-6-8-22)29(37)35-28-23(20-34-43(3,40)41)11-12-24-13-16-27(36(24)31(28)39)30(38)33-18-17-21-9-14-25(42-2)15-10-21/h4-10,14-15,23-24,26-28,32,34H,11-13,16-20H2,1-3H3,(H,33,38)(H,35,37)/t23-,24?,26-,27+,28+/m1/s1. The van der Waals surface area contributed by atoms with Crippen LogP contribution in [0.1, 0.15) is 36.8 Å². The molecule has 2 heterocycles. The second-order valence-electron chi connectivity index (χ2n) is 11.4. The molecule has 234 valence electrons. The number of carbonyl (C=O) groups excluding carboxylic acids is 3. The van der Waals surface area contributed by atoms with Gasteiger partial charge >= 0.3 is 0 Å². The van der Waals surface area contributed by atoms with Gasteiger partial charge in [-0.2, -0.15) is 0 Å². The van der Waals surface area contributed by atoms with Crippen LogP contribution in [0.15, 0.2) is 54.6 Å². The summed E-state index contributed by atoms with van der Waals surface area (Å²) in [5, 5.41) is 8.97. The molecule has 0 saturated carbocycles. The molecule has 0 radical (unpaired) electrons. The maximum atomic E-state index is 14.2. The SMILES string of the molecule is CN[C@H](Cc1ccccc1)C(=O)N[C@@H]1C(=O)N2C(CC[C@@H]1CNS(C)(=O)=O)CC[C@H]2C(=O)NCCc1ccc(OC)cc1. The Labute approximate surface area is 254 Å².